The van der Waals surface area contributed by atoms with Crippen LogP contribution in [0.15, 0.2) is 48.5 Å². The van der Waals surface area contributed by atoms with Gasteiger partial charge < -0.3 is 5.73 Å². The van der Waals surface area contributed by atoms with Crippen molar-refractivity contribution in [1.29, 1.82) is 0 Å². The van der Waals surface area contributed by atoms with Gasteiger partial charge in [0.25, 0.3) is 0 Å². The summed E-state index contributed by atoms with van der Waals surface area (Å²) in [4.78, 5) is 19.9. The van der Waals surface area contributed by atoms with Crippen LogP contribution in [0.5, 0.6) is 0 Å². The first-order chi connectivity index (χ1) is 15.4. The van der Waals surface area contributed by atoms with E-state index in [1.54, 1.807) is 0 Å². The molecule has 0 unspecified atom stereocenters. The van der Waals surface area contributed by atoms with E-state index in [2.05, 4.69) is 45.0 Å². The van der Waals surface area contributed by atoms with Gasteiger partial charge in [-0.15, -0.1) is 11.3 Å². The highest BCUT2D eigenvalue weighted by atomic mass is 32.1. The molecule has 4 heteroatoms. The Morgan fingerprint density at radius 1 is 0.969 bits per heavy atom. The first-order valence-electron chi connectivity index (χ1n) is 11.4. The van der Waals surface area contributed by atoms with Gasteiger partial charge in [-0.25, -0.2) is 4.98 Å². The first kappa shape index (κ1) is 20.9. The number of aryl methyl sites for hydroxylation is 2. The lowest BCUT2D eigenvalue weighted by atomic mass is 9.86. The van der Waals surface area contributed by atoms with Crippen LogP contribution in [0.3, 0.4) is 0 Å². The molecule has 1 aliphatic rings. The average Bonchev–Trinajstić information content (AvgIpc) is 3.15. The molecule has 2 N–H and O–H groups in total. The zero-order chi connectivity index (χ0) is 22.4. The molecule has 2 aromatic heterocycles. The molecule has 0 aliphatic heterocycles. The van der Waals surface area contributed by atoms with E-state index >= 15 is 0 Å². The molecule has 0 atom stereocenters. The van der Waals surface area contributed by atoms with E-state index in [0.717, 1.165) is 47.2 Å². The van der Waals surface area contributed by atoms with Crippen molar-refractivity contribution >= 4 is 33.0 Å². The van der Waals surface area contributed by atoms with E-state index in [-0.39, 0.29) is 5.78 Å². The first-order valence-corrected chi connectivity index (χ1v) is 12.2. The van der Waals surface area contributed by atoms with Crippen LogP contribution in [0, 0.1) is 6.92 Å². The monoisotopic (exact) mass is 440 g/mol. The summed E-state index contributed by atoms with van der Waals surface area (Å²) < 4.78 is 0. The smallest absolute Gasteiger partial charge is 0.205 e. The summed E-state index contributed by atoms with van der Waals surface area (Å²) in [6.07, 6.45) is 4.31. The van der Waals surface area contributed by atoms with E-state index in [1.165, 1.54) is 33.6 Å². The molecule has 2 aromatic carbocycles. The number of ketones is 1. The molecule has 0 radical (unpaired) electrons. The Morgan fingerprint density at radius 2 is 1.62 bits per heavy atom. The molecule has 4 aromatic rings. The van der Waals surface area contributed by atoms with Gasteiger partial charge in [0.05, 0.1) is 11.4 Å². The van der Waals surface area contributed by atoms with E-state index in [0.29, 0.717) is 22.0 Å². The van der Waals surface area contributed by atoms with Crippen molar-refractivity contribution in [3.05, 3.63) is 81.2 Å². The summed E-state index contributed by atoms with van der Waals surface area (Å²) in [5.41, 5.74) is 15.2. The summed E-state index contributed by atoms with van der Waals surface area (Å²) in [6.45, 7) is 6.41. The van der Waals surface area contributed by atoms with Crippen molar-refractivity contribution in [3.8, 4) is 11.3 Å². The van der Waals surface area contributed by atoms with Crippen LogP contribution in [0.2, 0.25) is 0 Å². The predicted octanol–water partition coefficient (Wildman–Crippen LogP) is 7.09. The molecule has 5 rings (SSSR count). The Labute approximate surface area is 193 Å². The largest absolute Gasteiger partial charge is 0.397 e. The van der Waals surface area contributed by atoms with Gasteiger partial charge in [0.2, 0.25) is 5.78 Å². The van der Waals surface area contributed by atoms with Gasteiger partial charge in [-0.2, -0.15) is 0 Å². The van der Waals surface area contributed by atoms with E-state index in [1.807, 2.05) is 24.3 Å². The molecule has 3 nitrogen and oxygen atoms in total. The topological polar surface area (TPSA) is 56.0 Å². The normalized spacial score (nSPS) is 13.5. The quantitative estimate of drug-likeness (QED) is 0.345. The van der Waals surface area contributed by atoms with Gasteiger partial charge >= 0.3 is 0 Å². The molecule has 0 saturated heterocycles. The molecule has 0 saturated carbocycles. The highest BCUT2D eigenvalue weighted by Gasteiger charge is 2.26. The van der Waals surface area contributed by atoms with Gasteiger partial charge in [-0.05, 0) is 55.2 Å². The number of nitrogens with zero attached hydrogens (tertiary/aromatic N) is 1. The maximum Gasteiger partial charge on any atom is 0.205 e. The van der Waals surface area contributed by atoms with Crippen molar-refractivity contribution < 1.29 is 4.79 Å². The van der Waals surface area contributed by atoms with Crippen LogP contribution in [0.25, 0.3) is 21.5 Å². The number of aromatic nitrogens is 1. The molecular formula is C28H28N2OS. The molecular weight excluding hydrogens is 412 g/mol. The Kier molecular flexibility index (Phi) is 5.34. The summed E-state index contributed by atoms with van der Waals surface area (Å²) in [6, 6.07) is 16.5. The Hall–Kier alpha value is -2.98. The molecule has 162 valence electrons. The second-order valence-electron chi connectivity index (χ2n) is 9.12. The van der Waals surface area contributed by atoms with Crippen molar-refractivity contribution in [2.75, 3.05) is 5.73 Å². The van der Waals surface area contributed by atoms with Gasteiger partial charge in [0.15, 0.2) is 0 Å². The van der Waals surface area contributed by atoms with Crippen molar-refractivity contribution in [3.63, 3.8) is 0 Å². The third-order valence-electron chi connectivity index (χ3n) is 6.57. The lowest BCUT2D eigenvalue weighted by molar-refractivity contribution is 0.104. The van der Waals surface area contributed by atoms with E-state index in [9.17, 15) is 4.79 Å². The number of carbonyl (C=O) groups is 1. The van der Waals surface area contributed by atoms with Crippen molar-refractivity contribution in [1.82, 2.24) is 4.98 Å². The van der Waals surface area contributed by atoms with Gasteiger partial charge in [-0.3, -0.25) is 4.79 Å². The fraction of sp³-hybridized carbons (Fsp3) is 0.286. The molecule has 0 bridgehead atoms. The zero-order valence-corrected chi connectivity index (χ0v) is 19.7. The number of nitrogens with two attached hydrogens (primary N) is 1. The number of anilines is 1. The number of rotatable bonds is 4. The summed E-state index contributed by atoms with van der Waals surface area (Å²) in [5, 5.41) is 1.00. The van der Waals surface area contributed by atoms with Crippen LogP contribution < -0.4 is 5.73 Å². The second kappa shape index (κ2) is 8.18. The zero-order valence-electron chi connectivity index (χ0n) is 18.9. The van der Waals surface area contributed by atoms with Crippen LogP contribution in [0.1, 0.15) is 70.1 Å². The summed E-state index contributed by atoms with van der Waals surface area (Å²) in [7, 11) is 0. The summed E-state index contributed by atoms with van der Waals surface area (Å²) in [5.74, 6) is 0.423. The number of nitrogen functional groups attached to an aromatic ring is 1. The lowest BCUT2D eigenvalue weighted by Crippen LogP contribution is -2.08. The maximum absolute atomic E-state index is 13.4. The molecule has 0 spiro atoms. The average molecular weight is 441 g/mol. The van der Waals surface area contributed by atoms with Crippen LogP contribution in [-0.2, 0) is 12.8 Å². The molecule has 32 heavy (non-hydrogen) atoms. The van der Waals surface area contributed by atoms with Crippen LogP contribution in [0.4, 0.5) is 5.69 Å². The Morgan fingerprint density at radius 3 is 2.28 bits per heavy atom. The number of hydrogen-bond donors (Lipinski definition) is 1. The SMILES string of the molecule is Cc1ccc(-c2nc3sc(C(=O)c4ccc(C(C)C)cc4)c(N)c3c3c2CCCC3)cc1. The van der Waals surface area contributed by atoms with Gasteiger partial charge in [0, 0.05) is 16.5 Å². The number of benzene rings is 2. The molecule has 0 fully saturated rings. The van der Waals surface area contributed by atoms with E-state index in [4.69, 9.17) is 10.7 Å². The summed E-state index contributed by atoms with van der Waals surface area (Å²) >= 11 is 1.44. The molecule has 0 amide bonds. The maximum atomic E-state index is 13.4. The Balaban J connectivity index is 1.65. The minimum atomic E-state index is -0.0118. The lowest BCUT2D eigenvalue weighted by Gasteiger charge is -2.20. The van der Waals surface area contributed by atoms with Crippen molar-refractivity contribution in [2.24, 2.45) is 0 Å². The van der Waals surface area contributed by atoms with Gasteiger partial charge in [-0.1, -0.05) is 67.9 Å². The second-order valence-corrected chi connectivity index (χ2v) is 10.1. The number of pyridine rings is 1. The van der Waals surface area contributed by atoms with Crippen molar-refractivity contribution in [2.45, 2.75) is 52.4 Å². The highest BCUT2D eigenvalue weighted by molar-refractivity contribution is 7.21. The standard InChI is InChI=1S/C28H28N2OS/c1-16(2)18-12-14-20(15-13-18)26(31)27-24(29)23-21-6-4-5-7-22(21)25(30-28(23)32-27)19-10-8-17(3)9-11-19/h8-16H,4-7,29H2,1-3H3. The fourth-order valence-electron chi connectivity index (χ4n) is 4.68. The third kappa shape index (κ3) is 3.53. The highest BCUT2D eigenvalue weighted by Crippen LogP contribution is 2.42. The predicted molar refractivity (Wildman–Crippen MR) is 135 cm³/mol. The fourth-order valence-corrected chi connectivity index (χ4v) is 5.77. The minimum Gasteiger partial charge on any atom is -0.397 e. The van der Waals surface area contributed by atoms with Crippen LogP contribution in [-0.4, -0.2) is 10.8 Å². The number of hydrogen-bond acceptors (Lipinski definition) is 4. The number of thiophene rings is 1. The minimum absolute atomic E-state index is 0.0118. The molecule has 2 heterocycles. The van der Waals surface area contributed by atoms with E-state index < -0.39 is 0 Å². The van der Waals surface area contributed by atoms with Gasteiger partial charge in [0.1, 0.15) is 9.71 Å². The van der Waals surface area contributed by atoms with Crippen LogP contribution >= 0.6 is 11.3 Å². The third-order valence-corrected chi connectivity index (χ3v) is 7.66. The Bertz CT molecular complexity index is 1310. The number of carbonyl (C=O) groups excluding carboxylic acids is 1. The number of fused-ring (bicyclic) bond motifs is 3. The molecule has 1 aliphatic carbocycles.